The van der Waals surface area contributed by atoms with Gasteiger partial charge in [-0.15, -0.1) is 0 Å². The number of hydrogen-bond acceptors (Lipinski definition) is 14. The second-order valence-corrected chi connectivity index (χ2v) is 25.1. The molecule has 0 bridgehead atoms. The molecule has 89 heavy (non-hydrogen) atoms. The summed E-state index contributed by atoms with van der Waals surface area (Å²) in [7, 11) is -1.28. The Labute approximate surface area is 506 Å². The first kappa shape index (κ1) is 76.1. The quantitative estimate of drug-likeness (QED) is 0.0650. The minimum absolute atomic E-state index is 0.0429. The monoisotopic (exact) mass is 1320 g/mol. The summed E-state index contributed by atoms with van der Waals surface area (Å²) in [5.74, 6) is -17.7. The van der Waals surface area contributed by atoms with Crippen LogP contribution in [0.5, 0.6) is 17.5 Å². The Kier molecular flexibility index (Phi) is 28.0. The van der Waals surface area contributed by atoms with Gasteiger partial charge in [0.25, 0.3) is 36.6 Å². The van der Waals surface area contributed by atoms with Gasteiger partial charge in [0.1, 0.15) is 58.7 Å². The zero-order valence-electron chi connectivity index (χ0n) is 51.0. The predicted octanol–water partition coefficient (Wildman–Crippen LogP) is 12.6. The van der Waals surface area contributed by atoms with Crippen LogP contribution in [0.2, 0.25) is 0 Å². The van der Waals surface area contributed by atoms with Crippen LogP contribution in [0.1, 0.15) is 126 Å². The molecule has 3 aliphatic rings. The van der Waals surface area contributed by atoms with Crippen LogP contribution >= 0.6 is 0 Å². The number of ketones is 3. The van der Waals surface area contributed by atoms with E-state index in [9.17, 15) is 89.4 Å². The molecule has 31 heteroatoms. The number of carbonyl (C=O) groups is 3. The predicted molar refractivity (Wildman–Crippen MR) is 296 cm³/mol. The van der Waals surface area contributed by atoms with E-state index in [0.717, 1.165) is 21.8 Å². The number of ether oxygens (including phenoxy) is 6. The topological polar surface area (TPSA) is 197 Å². The first-order chi connectivity index (χ1) is 41.1. The Hall–Kier alpha value is -5.40. The van der Waals surface area contributed by atoms with Gasteiger partial charge in [0.05, 0.1) is 37.6 Å². The van der Waals surface area contributed by atoms with Crippen LogP contribution < -0.4 is 14.2 Å². The summed E-state index contributed by atoms with van der Waals surface area (Å²) in [4.78, 5) is 40.3. The van der Waals surface area contributed by atoms with E-state index in [4.69, 9.17) is 18.9 Å². The van der Waals surface area contributed by atoms with Gasteiger partial charge in [-0.05, 0) is 65.2 Å². The number of sulfone groups is 1. The van der Waals surface area contributed by atoms with Gasteiger partial charge in [-0.25, -0.2) is 74.9 Å². The lowest BCUT2D eigenvalue weighted by Gasteiger charge is -2.32. The molecule has 0 saturated carbocycles. The zero-order chi connectivity index (χ0) is 67.3. The van der Waals surface area contributed by atoms with Crippen LogP contribution in [-0.2, 0) is 52.5 Å². The molecule has 0 aliphatic carbocycles. The Balaban J connectivity index is 0.000000267. The Morgan fingerprint density at radius 2 is 1.00 bits per heavy atom. The molecule has 7 rings (SSSR count). The smallest absolute Gasteiger partial charge is 0.297 e. The molecule has 0 amide bonds. The third kappa shape index (κ3) is 22.7. The standard InChI is InChI=1S/C22H26F6N2O4.C13H22F2O2.C12H20F2O3.C11H10F4N2O3S/c1-11(6-12(2)31)22(27,28)8-13-4-5-14(9-32-13)34-21-29-19-15(23)7-16(33-10-17(24)25)18(26)20(19)30(21)3;1-9-4-5-12(17-8-9)7-13(14,15)10(2)6-11(3)16;1-8(5-9(2)15)12(13,14)6-11-4-3-10(16)7-17-11;1-17-10-8(15)6(20-4-7(13)14)3-5(12)9(10)16-11(17)21(2,18)19/h7,11,13-14,17H,4-6,8-10H2,1-3H3;9-10,12H,4-8H2,1-3H3;8,10-11,16H,3-7H2,1-2H3;3,7H,4H2,1-2H3/t11-,13-,14+;9-,10+,12+;8-,10+,11-;/m101./s1. The van der Waals surface area contributed by atoms with E-state index in [2.05, 4.69) is 26.4 Å². The van der Waals surface area contributed by atoms with E-state index in [1.165, 1.54) is 55.6 Å². The summed E-state index contributed by atoms with van der Waals surface area (Å²) in [6, 6.07) is 1.05. The first-order valence-corrected chi connectivity index (χ1v) is 30.5. The molecule has 5 heterocycles. The van der Waals surface area contributed by atoms with Crippen molar-refractivity contribution in [3.63, 3.8) is 0 Å². The van der Waals surface area contributed by atoms with Crippen molar-refractivity contribution in [2.75, 3.05) is 39.3 Å². The van der Waals surface area contributed by atoms with E-state index in [-0.39, 0.29) is 92.2 Å². The van der Waals surface area contributed by atoms with Gasteiger partial charge in [0.2, 0.25) is 15.0 Å². The highest BCUT2D eigenvalue weighted by Gasteiger charge is 2.43. The normalized spacial score (nSPS) is 21.2. The van der Waals surface area contributed by atoms with Crippen LogP contribution in [0.4, 0.5) is 61.5 Å². The number of halogens is 14. The van der Waals surface area contributed by atoms with E-state index in [1.54, 1.807) is 0 Å². The third-order valence-corrected chi connectivity index (χ3v) is 16.0. The van der Waals surface area contributed by atoms with Crippen molar-refractivity contribution >= 4 is 49.3 Å². The summed E-state index contributed by atoms with van der Waals surface area (Å²) in [5, 5.41) is 8.66. The number of aliphatic hydroxyl groups excluding tert-OH is 1. The summed E-state index contributed by atoms with van der Waals surface area (Å²) in [5.41, 5.74) is -1.68. The van der Waals surface area contributed by atoms with Crippen molar-refractivity contribution in [1.29, 1.82) is 0 Å². The molecule has 0 spiro atoms. The largest absolute Gasteiger partial charge is 0.484 e. The fraction of sp³-hybridized carbons (Fsp3) is 0.707. The Bertz CT molecular complexity index is 3040. The molecule has 3 aliphatic heterocycles. The van der Waals surface area contributed by atoms with Crippen LogP contribution in [0.15, 0.2) is 17.3 Å². The van der Waals surface area contributed by atoms with Crippen molar-refractivity contribution in [2.24, 2.45) is 37.8 Å². The van der Waals surface area contributed by atoms with Crippen molar-refractivity contribution in [2.45, 2.75) is 192 Å². The number of rotatable bonds is 24. The lowest BCUT2D eigenvalue weighted by atomic mass is 9.90. The summed E-state index contributed by atoms with van der Waals surface area (Å²) in [6.45, 7) is 8.59. The second-order valence-electron chi connectivity index (χ2n) is 23.2. The summed E-state index contributed by atoms with van der Waals surface area (Å²) >= 11 is 0. The number of aryl methyl sites for hydroxylation is 2. The molecule has 506 valence electrons. The Morgan fingerprint density at radius 3 is 1.35 bits per heavy atom. The number of aliphatic hydroxyl groups is 1. The number of benzene rings is 2. The highest BCUT2D eigenvalue weighted by Crippen LogP contribution is 2.39. The molecule has 16 nitrogen and oxygen atoms in total. The highest BCUT2D eigenvalue weighted by atomic mass is 32.2. The summed E-state index contributed by atoms with van der Waals surface area (Å²) < 4.78 is 246. The number of nitrogens with zero attached hydrogens (tertiary/aromatic N) is 4. The first-order valence-electron chi connectivity index (χ1n) is 28.7. The number of imidazole rings is 2. The van der Waals surface area contributed by atoms with Crippen LogP contribution in [0.3, 0.4) is 0 Å². The minimum Gasteiger partial charge on any atom is -0.484 e. The van der Waals surface area contributed by atoms with E-state index in [0.29, 0.717) is 50.3 Å². The molecular weight excluding hydrogens is 1240 g/mol. The van der Waals surface area contributed by atoms with Crippen molar-refractivity contribution in [3.8, 4) is 17.5 Å². The fourth-order valence-corrected chi connectivity index (χ4v) is 10.8. The molecule has 3 fully saturated rings. The van der Waals surface area contributed by atoms with Gasteiger partial charge < -0.3 is 52.5 Å². The molecule has 3 saturated heterocycles. The average molecular weight is 1320 g/mol. The fourth-order valence-electron chi connectivity index (χ4n) is 9.96. The van der Waals surface area contributed by atoms with Crippen molar-refractivity contribution in [3.05, 3.63) is 35.4 Å². The maximum absolute atomic E-state index is 14.7. The zero-order valence-corrected chi connectivity index (χ0v) is 51.8. The lowest BCUT2D eigenvalue weighted by Crippen LogP contribution is -2.39. The molecule has 0 radical (unpaired) electrons. The van der Waals surface area contributed by atoms with E-state index in [1.807, 2.05) is 0 Å². The molecule has 2 aromatic carbocycles. The number of Topliss-reactive ketones (excluding diaryl/α,β-unsaturated/α-hetero) is 3. The SMILES string of the molecule is CC(=O)C[C@@H](C)C(F)(F)C[C@H]1CC[C@H](C)CO1.CC(=O)C[C@@H](C)C(F)(F)C[C@H]1CC[C@H](O)CO1.CC(=O)C[C@@H](C)C(F)(F)C[C@H]1CC[C@H](Oc2nc3c(F)cc(OCC(F)F)c(F)c3n2C)CO1.Cn1c(S(C)(=O)=O)nc2c(F)cc(OCC(F)F)c(F)c21. The van der Waals surface area contributed by atoms with E-state index < -0.39 is 153 Å². The van der Waals surface area contributed by atoms with Gasteiger partial charge in [-0.3, -0.25) is 4.57 Å². The Morgan fingerprint density at radius 1 is 0.618 bits per heavy atom. The maximum atomic E-state index is 14.7. The molecule has 4 aromatic rings. The number of fused-ring (bicyclic) bond motifs is 2. The number of carbonyl (C=O) groups excluding carboxylic acids is 3. The van der Waals surface area contributed by atoms with Crippen molar-refractivity contribution < 1.29 is 118 Å². The molecular formula is C58H78F14N4O12S. The maximum Gasteiger partial charge on any atom is 0.297 e. The second kappa shape index (κ2) is 32.7. The van der Waals surface area contributed by atoms with E-state index >= 15 is 0 Å². The van der Waals surface area contributed by atoms with Gasteiger partial charge in [-0.2, -0.15) is 4.98 Å². The third-order valence-electron chi connectivity index (χ3n) is 15.0. The molecule has 2 aromatic heterocycles. The number of aromatic nitrogens is 4. The molecule has 1 N–H and O–H groups in total. The van der Waals surface area contributed by atoms with Gasteiger partial charge in [-0.1, -0.05) is 27.7 Å². The van der Waals surface area contributed by atoms with Crippen LogP contribution in [-0.4, -0.2) is 150 Å². The van der Waals surface area contributed by atoms with Gasteiger partial charge in [0.15, 0.2) is 34.8 Å². The van der Waals surface area contributed by atoms with Gasteiger partial charge in [0, 0.05) is 95.4 Å². The highest BCUT2D eigenvalue weighted by molar-refractivity contribution is 7.90. The molecule has 0 unspecified atom stereocenters. The average Bonchev–Trinajstić information content (AvgIpc) is 1.93. The summed E-state index contributed by atoms with van der Waals surface area (Å²) in [6.07, 6.45) is -5.98. The van der Waals surface area contributed by atoms with Crippen molar-refractivity contribution in [1.82, 2.24) is 19.1 Å². The lowest BCUT2D eigenvalue weighted by molar-refractivity contribution is -0.136. The van der Waals surface area contributed by atoms with Crippen LogP contribution in [0, 0.1) is 46.9 Å². The number of alkyl halides is 10. The molecule has 9 atom stereocenters. The van der Waals surface area contributed by atoms with Crippen LogP contribution in [0.25, 0.3) is 22.1 Å². The van der Waals surface area contributed by atoms with Gasteiger partial charge >= 0.3 is 0 Å². The number of hydrogen-bond donors (Lipinski definition) is 1. The minimum atomic E-state index is -3.81.